The largest absolute Gasteiger partial charge is 0.496 e. The lowest BCUT2D eigenvalue weighted by Gasteiger charge is -2.15. The van der Waals surface area contributed by atoms with Crippen molar-refractivity contribution in [3.8, 4) is 17.1 Å². The van der Waals surface area contributed by atoms with Crippen LogP contribution in [0.15, 0.2) is 51.5 Å². The van der Waals surface area contributed by atoms with Crippen LogP contribution in [0, 0.1) is 6.92 Å². The normalized spacial score (nSPS) is 10.7. The molecule has 27 heavy (non-hydrogen) atoms. The second-order valence-corrected chi connectivity index (χ2v) is 7.17. The maximum absolute atomic E-state index is 12.5. The molecule has 0 fully saturated rings. The number of aromatic nitrogens is 2. The average Bonchev–Trinajstić information content (AvgIpc) is 3.10. The van der Waals surface area contributed by atoms with Gasteiger partial charge in [0.05, 0.1) is 20.1 Å². The lowest BCUT2D eigenvalue weighted by Crippen LogP contribution is -2.27. The number of ether oxygens (including phenoxy) is 1. The van der Waals surface area contributed by atoms with Crippen LogP contribution >= 0.6 is 15.9 Å². The summed E-state index contributed by atoms with van der Waals surface area (Å²) in [4.78, 5) is 18.5. The summed E-state index contributed by atoms with van der Waals surface area (Å²) in [5, 5.41) is 4.00. The summed E-state index contributed by atoms with van der Waals surface area (Å²) in [6.45, 7) is 2.22. The number of carbonyl (C=O) groups is 1. The molecule has 3 aromatic rings. The smallest absolute Gasteiger partial charge is 0.246 e. The summed E-state index contributed by atoms with van der Waals surface area (Å²) in [7, 11) is 3.36. The molecule has 6 nitrogen and oxygen atoms in total. The molecule has 2 aromatic carbocycles. The molecule has 7 heteroatoms. The number of aryl methyl sites for hydroxylation is 1. The van der Waals surface area contributed by atoms with Crippen LogP contribution in [0.4, 0.5) is 0 Å². The van der Waals surface area contributed by atoms with Crippen molar-refractivity contribution in [3.63, 3.8) is 0 Å². The van der Waals surface area contributed by atoms with E-state index in [1.807, 2.05) is 49.4 Å². The molecule has 0 aliphatic carbocycles. The van der Waals surface area contributed by atoms with E-state index < -0.39 is 0 Å². The van der Waals surface area contributed by atoms with Crippen LogP contribution in [0.3, 0.4) is 0 Å². The first kappa shape index (κ1) is 19.1. The number of hydrogen-bond acceptors (Lipinski definition) is 5. The molecule has 0 unspecified atom stereocenters. The zero-order valence-electron chi connectivity index (χ0n) is 15.4. The number of nitrogens with zero attached hydrogens (tertiary/aromatic N) is 3. The molecule has 0 radical (unpaired) electrons. The molecule has 0 spiro atoms. The second-order valence-electron chi connectivity index (χ2n) is 6.25. The van der Waals surface area contributed by atoms with Crippen molar-refractivity contribution >= 4 is 21.8 Å². The summed E-state index contributed by atoms with van der Waals surface area (Å²) >= 11 is 3.42. The second kappa shape index (κ2) is 8.35. The molecule has 1 amide bonds. The molecule has 1 aromatic heterocycles. The maximum atomic E-state index is 12.5. The number of amides is 1. The van der Waals surface area contributed by atoms with E-state index in [4.69, 9.17) is 9.26 Å². The van der Waals surface area contributed by atoms with Gasteiger partial charge in [0.2, 0.25) is 17.6 Å². The van der Waals surface area contributed by atoms with Crippen molar-refractivity contribution in [1.82, 2.24) is 15.0 Å². The average molecular weight is 430 g/mol. The predicted octanol–water partition coefficient (Wildman–Crippen LogP) is 4.02. The third-order valence-electron chi connectivity index (χ3n) is 4.16. The van der Waals surface area contributed by atoms with Gasteiger partial charge in [0.15, 0.2) is 0 Å². The Hall–Kier alpha value is -2.67. The zero-order valence-corrected chi connectivity index (χ0v) is 17.0. The van der Waals surface area contributed by atoms with E-state index in [9.17, 15) is 4.79 Å². The zero-order chi connectivity index (χ0) is 19.4. The molecule has 0 atom stereocenters. The Labute approximate surface area is 166 Å². The number of benzene rings is 2. The van der Waals surface area contributed by atoms with Crippen molar-refractivity contribution in [1.29, 1.82) is 0 Å². The van der Waals surface area contributed by atoms with Crippen LogP contribution in [-0.4, -0.2) is 35.1 Å². The summed E-state index contributed by atoms with van der Waals surface area (Å²) in [6.07, 6.45) is 0.300. The predicted molar refractivity (Wildman–Crippen MR) is 105 cm³/mol. The quantitative estimate of drug-likeness (QED) is 0.591. The SMILES string of the molecule is COc1ccc(CC(=O)N(C)Cc2nc(-c3cccc(Br)c3)no2)cc1C. The molecular weight excluding hydrogens is 410 g/mol. The summed E-state index contributed by atoms with van der Waals surface area (Å²) in [5.41, 5.74) is 2.79. The van der Waals surface area contributed by atoms with Crippen molar-refractivity contribution < 1.29 is 14.1 Å². The minimum atomic E-state index is -0.0261. The molecule has 0 aliphatic heterocycles. The Morgan fingerprint density at radius 2 is 2.07 bits per heavy atom. The Bertz CT molecular complexity index is 955. The maximum Gasteiger partial charge on any atom is 0.246 e. The van der Waals surface area contributed by atoms with Gasteiger partial charge in [0.1, 0.15) is 5.75 Å². The fourth-order valence-corrected chi connectivity index (χ4v) is 3.11. The fourth-order valence-electron chi connectivity index (χ4n) is 2.72. The summed E-state index contributed by atoms with van der Waals surface area (Å²) in [5.74, 6) is 1.68. The van der Waals surface area contributed by atoms with E-state index in [-0.39, 0.29) is 12.5 Å². The molecule has 0 bridgehead atoms. The Kier molecular flexibility index (Phi) is 5.91. The van der Waals surface area contributed by atoms with Gasteiger partial charge in [-0.15, -0.1) is 0 Å². The van der Waals surface area contributed by atoms with Crippen molar-refractivity contribution in [2.45, 2.75) is 19.9 Å². The highest BCUT2D eigenvalue weighted by Gasteiger charge is 2.15. The van der Waals surface area contributed by atoms with E-state index in [0.717, 1.165) is 26.9 Å². The van der Waals surface area contributed by atoms with Gasteiger partial charge in [-0.1, -0.05) is 45.4 Å². The molecule has 0 aliphatic rings. The first-order valence-corrected chi connectivity index (χ1v) is 9.21. The van der Waals surface area contributed by atoms with Crippen LogP contribution in [-0.2, 0) is 17.8 Å². The molecule has 0 N–H and O–H groups in total. The van der Waals surface area contributed by atoms with Crippen LogP contribution in [0.25, 0.3) is 11.4 Å². The van der Waals surface area contributed by atoms with Gasteiger partial charge >= 0.3 is 0 Å². The van der Waals surface area contributed by atoms with Gasteiger partial charge in [0, 0.05) is 17.1 Å². The van der Waals surface area contributed by atoms with E-state index >= 15 is 0 Å². The van der Waals surface area contributed by atoms with Crippen molar-refractivity contribution in [2.75, 3.05) is 14.2 Å². The van der Waals surface area contributed by atoms with Crippen LogP contribution in [0.1, 0.15) is 17.0 Å². The highest BCUT2D eigenvalue weighted by molar-refractivity contribution is 9.10. The van der Waals surface area contributed by atoms with Crippen LogP contribution in [0.5, 0.6) is 5.75 Å². The number of carbonyl (C=O) groups excluding carboxylic acids is 1. The minimum Gasteiger partial charge on any atom is -0.496 e. The Morgan fingerprint density at radius 1 is 1.26 bits per heavy atom. The van der Waals surface area contributed by atoms with Gasteiger partial charge in [-0.2, -0.15) is 4.98 Å². The van der Waals surface area contributed by atoms with Crippen LogP contribution in [0.2, 0.25) is 0 Å². The van der Waals surface area contributed by atoms with Crippen molar-refractivity contribution in [2.24, 2.45) is 0 Å². The van der Waals surface area contributed by atoms with E-state index in [2.05, 4.69) is 26.1 Å². The summed E-state index contributed by atoms with van der Waals surface area (Å²) < 4.78 is 11.5. The first-order chi connectivity index (χ1) is 13.0. The lowest BCUT2D eigenvalue weighted by molar-refractivity contribution is -0.130. The fraction of sp³-hybridized carbons (Fsp3) is 0.250. The molecule has 140 valence electrons. The monoisotopic (exact) mass is 429 g/mol. The van der Waals surface area contributed by atoms with Gasteiger partial charge in [-0.25, -0.2) is 0 Å². The highest BCUT2D eigenvalue weighted by atomic mass is 79.9. The Morgan fingerprint density at radius 3 is 2.78 bits per heavy atom. The molecule has 0 saturated heterocycles. The molecule has 0 saturated carbocycles. The summed E-state index contributed by atoms with van der Waals surface area (Å²) in [6, 6.07) is 13.4. The van der Waals surface area contributed by atoms with E-state index in [1.165, 1.54) is 0 Å². The number of halogens is 1. The molecule has 1 heterocycles. The number of methoxy groups -OCH3 is 1. The third-order valence-corrected chi connectivity index (χ3v) is 4.66. The third kappa shape index (κ3) is 4.74. The van der Waals surface area contributed by atoms with E-state index in [1.54, 1.807) is 19.1 Å². The van der Waals surface area contributed by atoms with Crippen molar-refractivity contribution in [3.05, 3.63) is 64.0 Å². The van der Waals surface area contributed by atoms with Gasteiger partial charge < -0.3 is 14.2 Å². The number of rotatable bonds is 6. The molecular formula is C20H20BrN3O3. The van der Waals surface area contributed by atoms with Gasteiger partial charge in [-0.3, -0.25) is 4.79 Å². The molecule has 3 rings (SSSR count). The lowest BCUT2D eigenvalue weighted by atomic mass is 10.1. The van der Waals surface area contributed by atoms with Gasteiger partial charge in [-0.05, 0) is 36.2 Å². The standard InChI is InChI=1S/C20H20BrN3O3/c1-13-9-14(7-8-17(13)26-3)10-19(25)24(2)12-18-22-20(23-27-18)15-5-4-6-16(21)11-15/h4-9,11H,10,12H2,1-3H3. The first-order valence-electron chi connectivity index (χ1n) is 8.42. The Balaban J connectivity index is 1.64. The number of hydrogen-bond donors (Lipinski definition) is 0. The topological polar surface area (TPSA) is 68.5 Å². The van der Waals surface area contributed by atoms with E-state index in [0.29, 0.717) is 18.1 Å². The van der Waals surface area contributed by atoms with Crippen LogP contribution < -0.4 is 4.74 Å². The minimum absolute atomic E-state index is 0.0261. The number of likely N-dealkylation sites (N-methyl/N-ethyl adjacent to an activating group) is 1. The highest BCUT2D eigenvalue weighted by Crippen LogP contribution is 2.21. The van der Waals surface area contributed by atoms with Gasteiger partial charge in [0.25, 0.3) is 0 Å².